The number of thioether (sulfide) groups is 1. The first kappa shape index (κ1) is 23.2. The molecule has 31 heavy (non-hydrogen) atoms. The highest BCUT2D eigenvalue weighted by Gasteiger charge is 2.14. The van der Waals surface area contributed by atoms with Crippen LogP contribution in [0.25, 0.3) is 0 Å². The van der Waals surface area contributed by atoms with Crippen molar-refractivity contribution in [2.45, 2.75) is 25.6 Å². The molecular weight excluding hydrogens is 459 g/mol. The highest BCUT2D eigenvalue weighted by Crippen LogP contribution is 2.30. The number of hydrogen-bond acceptors (Lipinski definition) is 6. The Kier molecular flexibility index (Phi) is 8.06. The number of hydrogen-bond donors (Lipinski definition) is 1. The molecule has 0 spiro atoms. The molecule has 1 heterocycles. The van der Waals surface area contributed by atoms with Crippen LogP contribution in [0.2, 0.25) is 10.0 Å². The molecule has 0 aliphatic heterocycles. The van der Waals surface area contributed by atoms with Crippen molar-refractivity contribution in [3.8, 4) is 11.5 Å². The fourth-order valence-electron chi connectivity index (χ4n) is 2.66. The van der Waals surface area contributed by atoms with Crippen molar-refractivity contribution < 1.29 is 14.3 Å². The van der Waals surface area contributed by atoms with Crippen LogP contribution in [-0.2, 0) is 18.4 Å². The zero-order valence-electron chi connectivity index (χ0n) is 17.3. The van der Waals surface area contributed by atoms with E-state index in [1.54, 1.807) is 22.8 Å². The van der Waals surface area contributed by atoms with Crippen LogP contribution in [0.4, 0.5) is 5.69 Å². The van der Waals surface area contributed by atoms with Gasteiger partial charge in [-0.1, -0.05) is 47.1 Å². The number of carbonyl (C=O) groups is 1. The number of ether oxygens (including phenoxy) is 2. The van der Waals surface area contributed by atoms with Crippen molar-refractivity contribution in [2.24, 2.45) is 7.05 Å². The van der Waals surface area contributed by atoms with Crippen LogP contribution in [0.5, 0.6) is 11.5 Å². The Hall–Kier alpha value is -2.42. The molecule has 3 aromatic rings. The van der Waals surface area contributed by atoms with Crippen molar-refractivity contribution in [1.82, 2.24) is 14.8 Å². The summed E-state index contributed by atoms with van der Waals surface area (Å²) in [6, 6.07) is 10.8. The molecule has 0 bridgehead atoms. The zero-order chi connectivity index (χ0) is 22.4. The minimum Gasteiger partial charge on any atom is -0.490 e. The standard InChI is InChI=1S/C21H22Cl2N4O3S/c1-4-29-17-10-13(2)8-9-16(17)30-11-18-25-26-21(27(18)3)31-12-19(28)24-15-7-5-6-14(22)20(15)23/h5-10H,4,11-12H2,1-3H3,(H,24,28). The lowest BCUT2D eigenvalue weighted by molar-refractivity contribution is -0.113. The highest BCUT2D eigenvalue weighted by molar-refractivity contribution is 7.99. The van der Waals surface area contributed by atoms with E-state index in [9.17, 15) is 4.79 Å². The average Bonchev–Trinajstić information content (AvgIpc) is 3.09. The predicted octanol–water partition coefficient (Wildman–Crippen LogP) is 5.14. The summed E-state index contributed by atoms with van der Waals surface area (Å²) in [4.78, 5) is 12.3. The van der Waals surface area contributed by atoms with Gasteiger partial charge in [-0.2, -0.15) is 0 Å². The molecule has 2 aromatic carbocycles. The van der Waals surface area contributed by atoms with Gasteiger partial charge in [-0.3, -0.25) is 4.79 Å². The second-order valence-corrected chi connectivity index (χ2v) is 8.30. The molecule has 0 unspecified atom stereocenters. The second kappa shape index (κ2) is 10.7. The molecule has 10 heteroatoms. The maximum absolute atomic E-state index is 12.3. The van der Waals surface area contributed by atoms with Gasteiger partial charge in [-0.05, 0) is 43.7 Å². The molecule has 7 nitrogen and oxygen atoms in total. The van der Waals surface area contributed by atoms with Crippen molar-refractivity contribution in [1.29, 1.82) is 0 Å². The first-order chi connectivity index (χ1) is 14.9. The fourth-order valence-corrected chi connectivity index (χ4v) is 3.74. The number of carbonyl (C=O) groups excluding carboxylic acids is 1. The molecular formula is C21H22Cl2N4O3S. The summed E-state index contributed by atoms with van der Waals surface area (Å²) in [5.41, 5.74) is 1.56. The Morgan fingerprint density at radius 2 is 1.97 bits per heavy atom. The van der Waals surface area contributed by atoms with E-state index in [1.807, 2.05) is 39.1 Å². The van der Waals surface area contributed by atoms with Crippen LogP contribution in [0.15, 0.2) is 41.6 Å². The van der Waals surface area contributed by atoms with E-state index in [2.05, 4.69) is 15.5 Å². The summed E-state index contributed by atoms with van der Waals surface area (Å²) >= 11 is 13.3. The number of aromatic nitrogens is 3. The van der Waals surface area contributed by atoms with E-state index in [0.717, 1.165) is 5.56 Å². The number of halogens is 2. The largest absolute Gasteiger partial charge is 0.490 e. The summed E-state index contributed by atoms with van der Waals surface area (Å²) in [5, 5.41) is 12.3. The lowest BCUT2D eigenvalue weighted by atomic mass is 10.2. The third-order valence-corrected chi connectivity index (χ3v) is 6.08. The van der Waals surface area contributed by atoms with E-state index in [-0.39, 0.29) is 18.3 Å². The first-order valence-corrected chi connectivity index (χ1v) is 11.2. The van der Waals surface area contributed by atoms with Crippen LogP contribution in [0, 0.1) is 6.92 Å². The smallest absolute Gasteiger partial charge is 0.234 e. The monoisotopic (exact) mass is 480 g/mol. The topological polar surface area (TPSA) is 78.3 Å². The molecule has 0 saturated heterocycles. The van der Waals surface area contributed by atoms with Gasteiger partial charge in [0.2, 0.25) is 5.91 Å². The molecule has 0 fully saturated rings. The van der Waals surface area contributed by atoms with Crippen LogP contribution >= 0.6 is 35.0 Å². The van der Waals surface area contributed by atoms with E-state index < -0.39 is 0 Å². The first-order valence-electron chi connectivity index (χ1n) is 9.50. The van der Waals surface area contributed by atoms with Gasteiger partial charge in [-0.25, -0.2) is 0 Å². The van der Waals surface area contributed by atoms with Gasteiger partial charge >= 0.3 is 0 Å². The lowest BCUT2D eigenvalue weighted by Crippen LogP contribution is -2.15. The van der Waals surface area contributed by atoms with E-state index in [4.69, 9.17) is 32.7 Å². The molecule has 3 rings (SSSR count). The second-order valence-electron chi connectivity index (χ2n) is 6.57. The molecule has 0 radical (unpaired) electrons. The Labute approximate surface area is 195 Å². The third kappa shape index (κ3) is 6.06. The summed E-state index contributed by atoms with van der Waals surface area (Å²) in [6.07, 6.45) is 0. The zero-order valence-corrected chi connectivity index (χ0v) is 19.6. The number of aryl methyl sites for hydroxylation is 1. The number of rotatable bonds is 9. The molecule has 0 saturated carbocycles. The van der Waals surface area contributed by atoms with E-state index in [0.29, 0.717) is 44.8 Å². The Balaban J connectivity index is 1.58. The maximum Gasteiger partial charge on any atom is 0.234 e. The number of anilines is 1. The van der Waals surface area contributed by atoms with Gasteiger partial charge in [0.1, 0.15) is 6.61 Å². The Morgan fingerprint density at radius 1 is 1.16 bits per heavy atom. The Bertz CT molecular complexity index is 1070. The van der Waals surface area contributed by atoms with Gasteiger partial charge in [-0.15, -0.1) is 10.2 Å². The molecule has 1 aromatic heterocycles. The minimum absolute atomic E-state index is 0.141. The van der Waals surface area contributed by atoms with Gasteiger partial charge in [0.15, 0.2) is 22.5 Å². The minimum atomic E-state index is -0.226. The molecule has 0 atom stereocenters. The molecule has 1 amide bonds. The van der Waals surface area contributed by atoms with E-state index >= 15 is 0 Å². The summed E-state index contributed by atoms with van der Waals surface area (Å²) in [7, 11) is 1.82. The van der Waals surface area contributed by atoms with Crippen LogP contribution in [-0.4, -0.2) is 33.0 Å². The number of nitrogens with zero attached hydrogens (tertiary/aromatic N) is 3. The Morgan fingerprint density at radius 3 is 2.74 bits per heavy atom. The maximum atomic E-state index is 12.3. The molecule has 164 valence electrons. The van der Waals surface area contributed by atoms with Gasteiger partial charge < -0.3 is 19.4 Å². The van der Waals surface area contributed by atoms with Gasteiger partial charge in [0.25, 0.3) is 0 Å². The third-order valence-electron chi connectivity index (χ3n) is 4.24. The fraction of sp³-hybridized carbons (Fsp3) is 0.286. The van der Waals surface area contributed by atoms with Crippen molar-refractivity contribution >= 4 is 46.6 Å². The summed E-state index contributed by atoms with van der Waals surface area (Å²) in [6.45, 7) is 4.69. The highest BCUT2D eigenvalue weighted by atomic mass is 35.5. The van der Waals surface area contributed by atoms with Gasteiger partial charge in [0, 0.05) is 7.05 Å². The predicted molar refractivity (Wildman–Crippen MR) is 123 cm³/mol. The summed E-state index contributed by atoms with van der Waals surface area (Å²) < 4.78 is 13.3. The lowest BCUT2D eigenvalue weighted by Gasteiger charge is -2.12. The SMILES string of the molecule is CCOc1cc(C)ccc1OCc1nnc(SCC(=O)Nc2cccc(Cl)c2Cl)n1C. The van der Waals surface area contributed by atoms with Crippen molar-refractivity contribution in [3.05, 3.63) is 57.8 Å². The number of nitrogens with one attached hydrogen (secondary N) is 1. The normalized spacial score (nSPS) is 10.7. The molecule has 0 aliphatic carbocycles. The van der Waals surface area contributed by atoms with Crippen molar-refractivity contribution in [3.63, 3.8) is 0 Å². The molecule has 0 aliphatic rings. The van der Waals surface area contributed by atoms with Crippen LogP contribution in [0.3, 0.4) is 0 Å². The summed E-state index contributed by atoms with van der Waals surface area (Å²) in [5.74, 6) is 1.88. The van der Waals surface area contributed by atoms with Gasteiger partial charge in [0.05, 0.1) is 28.1 Å². The quantitative estimate of drug-likeness (QED) is 0.427. The average molecular weight is 481 g/mol. The molecule has 1 N–H and O–H groups in total. The van der Waals surface area contributed by atoms with Crippen LogP contribution in [0.1, 0.15) is 18.3 Å². The number of benzene rings is 2. The number of amides is 1. The van der Waals surface area contributed by atoms with Crippen LogP contribution < -0.4 is 14.8 Å². The van der Waals surface area contributed by atoms with E-state index in [1.165, 1.54) is 11.8 Å². The van der Waals surface area contributed by atoms with Crippen molar-refractivity contribution in [2.75, 3.05) is 17.7 Å².